The molecule has 0 aromatic rings. The summed E-state index contributed by atoms with van der Waals surface area (Å²) in [5.41, 5.74) is 10.1. The molecular formula is C13H23N3O4. The van der Waals surface area contributed by atoms with E-state index in [-0.39, 0.29) is 19.4 Å². The van der Waals surface area contributed by atoms with Gasteiger partial charge in [-0.05, 0) is 18.3 Å². The Balaban J connectivity index is 2.55. The Morgan fingerprint density at radius 3 is 2.30 bits per heavy atom. The third-order valence-electron chi connectivity index (χ3n) is 3.84. The van der Waals surface area contributed by atoms with Crippen molar-refractivity contribution in [3.05, 3.63) is 0 Å². The average molecular weight is 285 g/mol. The Morgan fingerprint density at radius 1 is 1.20 bits per heavy atom. The van der Waals surface area contributed by atoms with Crippen LogP contribution in [0.1, 0.15) is 44.9 Å². The molecule has 7 heteroatoms. The molecule has 1 unspecified atom stereocenters. The molecule has 2 amide bonds. The molecular weight excluding hydrogens is 262 g/mol. The first-order chi connectivity index (χ1) is 9.34. The van der Waals surface area contributed by atoms with Crippen LogP contribution in [0.15, 0.2) is 0 Å². The van der Waals surface area contributed by atoms with Gasteiger partial charge in [-0.1, -0.05) is 19.3 Å². The first kappa shape index (κ1) is 16.4. The Morgan fingerprint density at radius 2 is 1.80 bits per heavy atom. The van der Waals surface area contributed by atoms with Crippen LogP contribution >= 0.6 is 0 Å². The number of carboxylic acid groups (broad SMARTS) is 1. The highest BCUT2D eigenvalue weighted by molar-refractivity contribution is 5.87. The van der Waals surface area contributed by atoms with Crippen LogP contribution in [0, 0.1) is 5.41 Å². The zero-order chi connectivity index (χ0) is 15.2. The monoisotopic (exact) mass is 285 g/mol. The number of carbonyl (C=O) groups excluding carboxylic acids is 2. The van der Waals surface area contributed by atoms with Crippen molar-refractivity contribution in [3.63, 3.8) is 0 Å². The lowest BCUT2D eigenvalue weighted by atomic mass is 9.71. The number of amides is 2. The molecule has 7 nitrogen and oxygen atoms in total. The van der Waals surface area contributed by atoms with Gasteiger partial charge in [-0.3, -0.25) is 14.4 Å². The summed E-state index contributed by atoms with van der Waals surface area (Å²) in [4.78, 5) is 33.5. The van der Waals surface area contributed by atoms with Gasteiger partial charge >= 0.3 is 5.97 Å². The van der Waals surface area contributed by atoms with Gasteiger partial charge in [0.05, 0.1) is 18.9 Å². The minimum absolute atomic E-state index is 0.0400. The molecule has 1 aliphatic rings. The highest BCUT2D eigenvalue weighted by Crippen LogP contribution is 2.38. The van der Waals surface area contributed by atoms with Gasteiger partial charge in [0.15, 0.2) is 0 Å². The zero-order valence-electron chi connectivity index (χ0n) is 11.6. The van der Waals surface area contributed by atoms with Crippen molar-refractivity contribution in [2.24, 2.45) is 16.9 Å². The van der Waals surface area contributed by atoms with E-state index in [1.165, 1.54) is 0 Å². The second-order valence-corrected chi connectivity index (χ2v) is 5.63. The summed E-state index contributed by atoms with van der Waals surface area (Å²) in [6, 6.07) is -0.974. The van der Waals surface area contributed by atoms with E-state index in [9.17, 15) is 14.4 Å². The number of aliphatic carboxylic acids is 1. The molecule has 114 valence electrons. The van der Waals surface area contributed by atoms with Crippen LogP contribution in [0.5, 0.6) is 0 Å². The predicted molar refractivity (Wildman–Crippen MR) is 72.6 cm³/mol. The lowest BCUT2D eigenvalue weighted by Gasteiger charge is -2.36. The van der Waals surface area contributed by atoms with Crippen molar-refractivity contribution in [2.75, 3.05) is 6.54 Å². The SMILES string of the molecule is NC(=O)CC(N)C(=O)NCC1(CC(=O)O)CCCCC1. The summed E-state index contributed by atoms with van der Waals surface area (Å²) >= 11 is 0. The Labute approximate surface area is 118 Å². The van der Waals surface area contributed by atoms with Crippen molar-refractivity contribution in [3.8, 4) is 0 Å². The molecule has 0 spiro atoms. The first-order valence-electron chi connectivity index (χ1n) is 6.88. The van der Waals surface area contributed by atoms with Crippen LogP contribution in [0.3, 0.4) is 0 Å². The molecule has 0 aromatic heterocycles. The van der Waals surface area contributed by atoms with Crippen LogP contribution in [-0.2, 0) is 14.4 Å². The van der Waals surface area contributed by atoms with Gasteiger partial charge in [0, 0.05) is 6.54 Å². The van der Waals surface area contributed by atoms with Crippen LogP contribution in [0.2, 0.25) is 0 Å². The molecule has 1 aliphatic carbocycles. The van der Waals surface area contributed by atoms with E-state index < -0.39 is 29.2 Å². The molecule has 1 rings (SSSR count). The number of primary amides is 1. The summed E-state index contributed by atoms with van der Waals surface area (Å²) in [6.45, 7) is 0.282. The second-order valence-electron chi connectivity index (χ2n) is 5.63. The van der Waals surface area contributed by atoms with E-state index in [0.29, 0.717) is 0 Å². The van der Waals surface area contributed by atoms with E-state index >= 15 is 0 Å². The number of carboxylic acids is 1. The average Bonchev–Trinajstić information content (AvgIpc) is 2.35. The maximum absolute atomic E-state index is 11.8. The molecule has 1 atom stereocenters. The highest BCUT2D eigenvalue weighted by Gasteiger charge is 2.35. The van der Waals surface area contributed by atoms with E-state index in [4.69, 9.17) is 16.6 Å². The number of nitrogens with one attached hydrogen (secondary N) is 1. The smallest absolute Gasteiger partial charge is 0.303 e. The minimum atomic E-state index is -0.974. The molecule has 0 radical (unpaired) electrons. The molecule has 1 fully saturated rings. The van der Waals surface area contributed by atoms with Crippen molar-refractivity contribution in [2.45, 2.75) is 51.0 Å². The topological polar surface area (TPSA) is 136 Å². The summed E-state index contributed by atoms with van der Waals surface area (Å²) in [5, 5.41) is 11.7. The van der Waals surface area contributed by atoms with Crippen molar-refractivity contribution in [1.82, 2.24) is 5.32 Å². The highest BCUT2D eigenvalue weighted by atomic mass is 16.4. The third kappa shape index (κ3) is 5.16. The Kier molecular flexibility index (Phi) is 5.94. The number of hydrogen-bond donors (Lipinski definition) is 4. The lowest BCUT2D eigenvalue weighted by Crippen LogP contribution is -2.47. The maximum Gasteiger partial charge on any atom is 0.303 e. The van der Waals surface area contributed by atoms with Crippen molar-refractivity contribution >= 4 is 17.8 Å². The van der Waals surface area contributed by atoms with Gasteiger partial charge in [0.2, 0.25) is 11.8 Å². The second kappa shape index (κ2) is 7.23. The van der Waals surface area contributed by atoms with Gasteiger partial charge in [-0.15, -0.1) is 0 Å². The number of rotatable bonds is 7. The standard InChI is InChI=1S/C13H23N3O4/c14-9(6-10(15)17)12(20)16-8-13(7-11(18)19)4-2-1-3-5-13/h9H,1-8,14H2,(H2,15,17)(H,16,20)(H,18,19). The largest absolute Gasteiger partial charge is 0.481 e. The fourth-order valence-corrected chi connectivity index (χ4v) is 2.75. The predicted octanol–water partition coefficient (Wildman–Crippen LogP) is -0.269. The van der Waals surface area contributed by atoms with Crippen molar-refractivity contribution < 1.29 is 19.5 Å². The fourth-order valence-electron chi connectivity index (χ4n) is 2.75. The third-order valence-corrected chi connectivity index (χ3v) is 3.84. The molecule has 1 saturated carbocycles. The Hall–Kier alpha value is -1.63. The Bertz CT molecular complexity index is 378. The first-order valence-corrected chi connectivity index (χ1v) is 6.88. The van der Waals surface area contributed by atoms with Crippen LogP contribution in [-0.4, -0.2) is 35.5 Å². The zero-order valence-corrected chi connectivity index (χ0v) is 11.6. The van der Waals surface area contributed by atoms with Gasteiger partial charge in [-0.2, -0.15) is 0 Å². The summed E-state index contributed by atoms with van der Waals surface area (Å²) in [7, 11) is 0. The lowest BCUT2D eigenvalue weighted by molar-refractivity contribution is -0.140. The molecule has 0 bridgehead atoms. The molecule has 0 heterocycles. The van der Waals surface area contributed by atoms with E-state index in [2.05, 4.69) is 5.32 Å². The van der Waals surface area contributed by atoms with Gasteiger partial charge in [0.25, 0.3) is 0 Å². The molecule has 0 saturated heterocycles. The normalized spacial score (nSPS) is 19.1. The summed E-state index contributed by atoms with van der Waals surface area (Å²) < 4.78 is 0. The molecule has 6 N–H and O–H groups in total. The van der Waals surface area contributed by atoms with Crippen LogP contribution in [0.25, 0.3) is 0 Å². The van der Waals surface area contributed by atoms with Gasteiger partial charge < -0.3 is 21.9 Å². The number of hydrogen-bond acceptors (Lipinski definition) is 4. The van der Waals surface area contributed by atoms with E-state index in [0.717, 1.165) is 32.1 Å². The van der Waals surface area contributed by atoms with Crippen LogP contribution < -0.4 is 16.8 Å². The fraction of sp³-hybridized carbons (Fsp3) is 0.769. The minimum Gasteiger partial charge on any atom is -0.481 e. The maximum atomic E-state index is 11.8. The van der Waals surface area contributed by atoms with Gasteiger partial charge in [0.1, 0.15) is 0 Å². The van der Waals surface area contributed by atoms with Crippen molar-refractivity contribution in [1.29, 1.82) is 0 Å². The number of carbonyl (C=O) groups is 3. The van der Waals surface area contributed by atoms with E-state index in [1.807, 2.05) is 0 Å². The molecule has 0 aromatic carbocycles. The number of nitrogens with two attached hydrogens (primary N) is 2. The molecule has 20 heavy (non-hydrogen) atoms. The quantitative estimate of drug-likeness (QED) is 0.510. The van der Waals surface area contributed by atoms with Crippen LogP contribution in [0.4, 0.5) is 0 Å². The van der Waals surface area contributed by atoms with Gasteiger partial charge in [-0.25, -0.2) is 0 Å². The van der Waals surface area contributed by atoms with E-state index in [1.54, 1.807) is 0 Å². The molecule has 0 aliphatic heterocycles. The summed E-state index contributed by atoms with van der Waals surface area (Å²) in [5.74, 6) is -1.95. The summed E-state index contributed by atoms with van der Waals surface area (Å²) in [6.07, 6.45) is 4.43.